The van der Waals surface area contributed by atoms with Crippen LogP contribution in [0.5, 0.6) is 0 Å². The van der Waals surface area contributed by atoms with Crippen LogP contribution in [0.4, 0.5) is 0 Å². The Labute approximate surface area is 81.7 Å². The highest BCUT2D eigenvalue weighted by Gasteiger charge is 2.29. The van der Waals surface area contributed by atoms with Crippen LogP contribution in [0.2, 0.25) is 0 Å². The highest BCUT2D eigenvalue weighted by atomic mass is 15.3. The van der Waals surface area contributed by atoms with Crippen molar-refractivity contribution >= 4 is 0 Å². The first kappa shape index (κ1) is 11.0. The Hall–Kier alpha value is -0.120. The zero-order valence-corrected chi connectivity index (χ0v) is 9.14. The minimum absolute atomic E-state index is 0.269. The van der Waals surface area contributed by atoms with Crippen molar-refractivity contribution in [3.63, 3.8) is 0 Å². The highest BCUT2D eigenvalue weighted by molar-refractivity contribution is 4.89. The zero-order chi connectivity index (χ0) is 9.90. The maximum absolute atomic E-state index is 5.96. The van der Waals surface area contributed by atoms with E-state index in [0.717, 1.165) is 32.6 Å². The third-order valence-corrected chi connectivity index (χ3v) is 2.95. The molecule has 1 atom stereocenters. The molecule has 0 amide bonds. The number of hydrogen-bond donors (Lipinski definition) is 2. The lowest BCUT2D eigenvalue weighted by molar-refractivity contribution is 0.0835. The van der Waals surface area contributed by atoms with Crippen LogP contribution >= 0.6 is 0 Å². The summed E-state index contributed by atoms with van der Waals surface area (Å²) in [7, 11) is 0. The molecule has 1 fully saturated rings. The summed E-state index contributed by atoms with van der Waals surface area (Å²) >= 11 is 0. The minimum atomic E-state index is 0.269. The van der Waals surface area contributed by atoms with Crippen molar-refractivity contribution in [2.45, 2.75) is 38.8 Å². The molecule has 1 aliphatic rings. The van der Waals surface area contributed by atoms with Crippen LogP contribution in [-0.2, 0) is 0 Å². The summed E-state index contributed by atoms with van der Waals surface area (Å²) in [5.74, 6) is 0. The summed E-state index contributed by atoms with van der Waals surface area (Å²) in [4.78, 5) is 2.50. The van der Waals surface area contributed by atoms with E-state index in [0.29, 0.717) is 6.04 Å². The Balaban J connectivity index is 2.46. The average molecular weight is 185 g/mol. The normalized spacial score (nSPS) is 25.8. The van der Waals surface area contributed by atoms with Crippen molar-refractivity contribution < 1.29 is 0 Å². The molecule has 13 heavy (non-hydrogen) atoms. The Morgan fingerprint density at radius 1 is 1.54 bits per heavy atom. The predicted molar refractivity (Wildman–Crippen MR) is 56.8 cm³/mol. The third-order valence-electron chi connectivity index (χ3n) is 2.95. The smallest absolute Gasteiger partial charge is 0.0278 e. The second kappa shape index (κ2) is 4.40. The van der Waals surface area contributed by atoms with Crippen molar-refractivity contribution in [2.24, 2.45) is 5.73 Å². The second-order valence-electron chi connectivity index (χ2n) is 4.60. The van der Waals surface area contributed by atoms with E-state index in [1.54, 1.807) is 0 Å². The van der Waals surface area contributed by atoms with Gasteiger partial charge in [0.05, 0.1) is 0 Å². The molecule has 0 saturated carbocycles. The molecular weight excluding hydrogens is 162 g/mol. The molecule has 0 spiro atoms. The molecule has 1 unspecified atom stereocenters. The van der Waals surface area contributed by atoms with Crippen molar-refractivity contribution in [3.8, 4) is 0 Å². The molecule has 1 saturated heterocycles. The summed E-state index contributed by atoms with van der Waals surface area (Å²) in [6.45, 7) is 11.0. The van der Waals surface area contributed by atoms with Gasteiger partial charge < -0.3 is 11.1 Å². The molecular formula is C10H23N3. The van der Waals surface area contributed by atoms with Gasteiger partial charge in [-0.25, -0.2) is 0 Å². The number of nitrogens with one attached hydrogen (secondary N) is 1. The Bertz CT molecular complexity index is 156. The van der Waals surface area contributed by atoms with Crippen molar-refractivity contribution in [1.82, 2.24) is 10.2 Å². The molecule has 0 bridgehead atoms. The Morgan fingerprint density at radius 2 is 2.23 bits per heavy atom. The summed E-state index contributed by atoms with van der Waals surface area (Å²) in [5.41, 5.74) is 6.23. The molecule has 0 aromatic rings. The van der Waals surface area contributed by atoms with E-state index in [1.807, 2.05) is 0 Å². The van der Waals surface area contributed by atoms with Crippen LogP contribution in [0.3, 0.4) is 0 Å². The van der Waals surface area contributed by atoms with Gasteiger partial charge in [-0.15, -0.1) is 0 Å². The average Bonchev–Trinajstić information content (AvgIpc) is 2.08. The monoisotopic (exact) mass is 185 g/mol. The van der Waals surface area contributed by atoms with Crippen LogP contribution in [0.25, 0.3) is 0 Å². The van der Waals surface area contributed by atoms with Gasteiger partial charge in [0.25, 0.3) is 0 Å². The predicted octanol–water partition coefficient (Wildman–Crippen LogP) is 0.408. The van der Waals surface area contributed by atoms with Crippen LogP contribution in [-0.4, -0.2) is 42.7 Å². The van der Waals surface area contributed by atoms with Gasteiger partial charge in [-0.1, -0.05) is 6.92 Å². The maximum atomic E-state index is 5.96. The van der Waals surface area contributed by atoms with Gasteiger partial charge in [0.15, 0.2) is 0 Å². The molecule has 3 nitrogen and oxygen atoms in total. The fourth-order valence-corrected chi connectivity index (χ4v) is 1.77. The molecule has 78 valence electrons. The molecule has 1 aliphatic heterocycles. The maximum Gasteiger partial charge on any atom is 0.0278 e. The summed E-state index contributed by atoms with van der Waals surface area (Å²) < 4.78 is 0. The summed E-state index contributed by atoms with van der Waals surface area (Å²) in [6.07, 6.45) is 1.07. The van der Waals surface area contributed by atoms with Gasteiger partial charge in [-0.2, -0.15) is 0 Å². The van der Waals surface area contributed by atoms with Crippen LogP contribution in [0, 0.1) is 0 Å². The van der Waals surface area contributed by atoms with Gasteiger partial charge in [0.2, 0.25) is 0 Å². The first-order valence-corrected chi connectivity index (χ1v) is 5.27. The number of hydrogen-bond acceptors (Lipinski definition) is 3. The fraction of sp³-hybridized carbons (Fsp3) is 1.00. The van der Waals surface area contributed by atoms with Gasteiger partial charge in [0, 0.05) is 37.8 Å². The van der Waals surface area contributed by atoms with E-state index in [4.69, 9.17) is 5.73 Å². The van der Waals surface area contributed by atoms with Crippen LogP contribution in [0.1, 0.15) is 27.2 Å². The lowest BCUT2D eigenvalue weighted by Crippen LogP contribution is -2.60. The largest absolute Gasteiger partial charge is 0.327 e. The molecule has 0 aromatic heterocycles. The lowest BCUT2D eigenvalue weighted by Gasteiger charge is -2.43. The standard InChI is InChI=1S/C10H23N3/c1-4-9(11)7-13-6-5-12-8-10(13,2)3/h9,12H,4-8,11H2,1-3H3. The van der Waals surface area contributed by atoms with E-state index < -0.39 is 0 Å². The van der Waals surface area contributed by atoms with Crippen LogP contribution in [0.15, 0.2) is 0 Å². The molecule has 1 heterocycles. The van der Waals surface area contributed by atoms with E-state index >= 15 is 0 Å². The first-order valence-electron chi connectivity index (χ1n) is 5.27. The molecule has 3 N–H and O–H groups in total. The quantitative estimate of drug-likeness (QED) is 0.669. The lowest BCUT2D eigenvalue weighted by atomic mass is 9.99. The zero-order valence-electron chi connectivity index (χ0n) is 9.14. The van der Waals surface area contributed by atoms with E-state index in [9.17, 15) is 0 Å². The molecule has 1 rings (SSSR count). The van der Waals surface area contributed by atoms with Crippen LogP contribution < -0.4 is 11.1 Å². The Morgan fingerprint density at radius 3 is 2.77 bits per heavy atom. The number of nitrogens with zero attached hydrogens (tertiary/aromatic N) is 1. The number of piperazine rings is 1. The number of rotatable bonds is 3. The van der Waals surface area contributed by atoms with Crippen molar-refractivity contribution in [3.05, 3.63) is 0 Å². The highest BCUT2D eigenvalue weighted by Crippen LogP contribution is 2.16. The molecule has 0 aliphatic carbocycles. The second-order valence-corrected chi connectivity index (χ2v) is 4.60. The minimum Gasteiger partial charge on any atom is -0.327 e. The fourth-order valence-electron chi connectivity index (χ4n) is 1.77. The third kappa shape index (κ3) is 2.93. The first-order chi connectivity index (χ1) is 6.06. The molecule has 0 radical (unpaired) electrons. The topological polar surface area (TPSA) is 41.3 Å². The van der Waals surface area contributed by atoms with Gasteiger partial charge >= 0.3 is 0 Å². The van der Waals surface area contributed by atoms with Gasteiger partial charge in [0.1, 0.15) is 0 Å². The number of nitrogens with two attached hydrogens (primary N) is 1. The summed E-state index contributed by atoms with van der Waals surface area (Å²) in [5, 5.41) is 3.41. The van der Waals surface area contributed by atoms with Gasteiger partial charge in [-0.3, -0.25) is 4.90 Å². The Kier molecular flexibility index (Phi) is 3.71. The summed E-state index contributed by atoms with van der Waals surface area (Å²) in [6, 6.07) is 0.331. The molecule has 3 heteroatoms. The van der Waals surface area contributed by atoms with E-state index in [-0.39, 0.29) is 5.54 Å². The van der Waals surface area contributed by atoms with Crippen molar-refractivity contribution in [2.75, 3.05) is 26.2 Å². The van der Waals surface area contributed by atoms with Crippen molar-refractivity contribution in [1.29, 1.82) is 0 Å². The van der Waals surface area contributed by atoms with E-state index in [2.05, 4.69) is 31.0 Å². The SMILES string of the molecule is CCC(N)CN1CCNCC1(C)C. The van der Waals surface area contributed by atoms with Gasteiger partial charge in [-0.05, 0) is 20.3 Å². The molecule has 0 aromatic carbocycles. The van der Waals surface area contributed by atoms with E-state index in [1.165, 1.54) is 0 Å².